The molecule has 4 amide bonds. The van der Waals surface area contributed by atoms with Crippen molar-refractivity contribution in [2.45, 2.75) is 0 Å². The number of carbonyl (C=O) groups is 4. The molecule has 4 aromatic carbocycles. The lowest BCUT2D eigenvalue weighted by molar-refractivity contribution is -0.137. The highest BCUT2D eigenvalue weighted by atomic mass is 16.3. The Morgan fingerprint density at radius 1 is 0.450 bits per heavy atom. The number of imide groups is 2. The number of hydrogen-bond donors (Lipinski definition) is 2. The molecule has 196 valence electrons. The third-order valence-corrected chi connectivity index (χ3v) is 9.25. The number of carbonyl (C=O) groups excluding carboxylic acids is 4. The molecule has 2 bridgehead atoms. The van der Waals surface area contributed by atoms with Gasteiger partial charge in [-0.1, -0.05) is 60.7 Å². The summed E-state index contributed by atoms with van der Waals surface area (Å²) in [4.78, 5) is 58.3. The van der Waals surface area contributed by atoms with Crippen LogP contribution < -0.4 is 9.80 Å². The van der Waals surface area contributed by atoms with Crippen LogP contribution in [-0.2, 0) is 19.2 Å². The van der Waals surface area contributed by atoms with Gasteiger partial charge < -0.3 is 10.2 Å². The lowest BCUT2D eigenvalue weighted by Crippen LogP contribution is -2.50. The third kappa shape index (κ3) is 2.70. The molecule has 2 aliphatic heterocycles. The number of benzene rings is 4. The molecule has 4 unspecified atom stereocenters. The van der Waals surface area contributed by atoms with Gasteiger partial charge in [-0.2, -0.15) is 0 Å². The average molecular weight is 531 g/mol. The zero-order valence-corrected chi connectivity index (χ0v) is 21.0. The molecule has 2 heterocycles. The van der Waals surface area contributed by atoms with E-state index in [4.69, 9.17) is 0 Å². The molecule has 2 N–H and O–H groups in total. The van der Waals surface area contributed by atoms with Crippen molar-refractivity contribution in [2.75, 3.05) is 9.80 Å². The standard InChI is InChI=1S/C32H22N2O6/c35-23-13-11-21(15-5-1-3-7-17(15)23)33-29(37)25-19-9-10-20(26(25)30(33)38)28-27(19)31(39)34(32(28)40)22-12-14-24(36)18-8-4-2-6-16(18)22/h1-14,19-20,25-28,35-36H. The molecule has 40 heavy (non-hydrogen) atoms. The topological polar surface area (TPSA) is 115 Å². The Bertz CT molecular complexity index is 1700. The number of amides is 4. The molecular formula is C32H22N2O6. The van der Waals surface area contributed by atoms with E-state index in [1.165, 1.54) is 21.9 Å². The SMILES string of the molecule is O=C1C2C3C=CC(C2C(=O)N1c1ccc(O)c2ccccc12)C1C(=O)N(c2ccc(O)c4ccccc24)C(=O)C31. The number of allylic oxidation sites excluding steroid dienone is 2. The zero-order chi connectivity index (χ0) is 27.4. The molecular weight excluding hydrogens is 508 g/mol. The van der Waals surface area contributed by atoms with Crippen molar-refractivity contribution in [3.05, 3.63) is 84.9 Å². The molecule has 4 aromatic rings. The lowest BCUT2D eigenvalue weighted by atomic mass is 9.54. The summed E-state index contributed by atoms with van der Waals surface area (Å²) < 4.78 is 0. The minimum atomic E-state index is -0.760. The molecule has 0 spiro atoms. The second-order valence-corrected chi connectivity index (χ2v) is 11.0. The van der Waals surface area contributed by atoms with Gasteiger partial charge in [-0.3, -0.25) is 19.2 Å². The summed E-state index contributed by atoms with van der Waals surface area (Å²) in [5.74, 6) is -5.72. The molecule has 9 rings (SSSR count). The monoisotopic (exact) mass is 530 g/mol. The van der Waals surface area contributed by atoms with Crippen molar-refractivity contribution in [2.24, 2.45) is 35.5 Å². The van der Waals surface area contributed by atoms with Crippen LogP contribution in [0.15, 0.2) is 84.9 Å². The first-order chi connectivity index (χ1) is 19.4. The largest absolute Gasteiger partial charge is 0.507 e. The van der Waals surface area contributed by atoms with E-state index < -0.39 is 59.1 Å². The molecule has 0 radical (unpaired) electrons. The van der Waals surface area contributed by atoms with Gasteiger partial charge >= 0.3 is 0 Å². The van der Waals surface area contributed by atoms with Crippen molar-refractivity contribution in [1.82, 2.24) is 0 Å². The first-order valence-electron chi connectivity index (χ1n) is 13.2. The number of phenols is 2. The van der Waals surface area contributed by atoms with Gasteiger partial charge in [0.1, 0.15) is 11.5 Å². The third-order valence-electron chi connectivity index (χ3n) is 9.25. The summed E-state index contributed by atoms with van der Waals surface area (Å²) in [7, 11) is 0. The van der Waals surface area contributed by atoms with Crippen LogP contribution in [0.3, 0.4) is 0 Å². The Morgan fingerprint density at radius 2 is 0.775 bits per heavy atom. The Labute approximate surface area is 227 Å². The van der Waals surface area contributed by atoms with Gasteiger partial charge in [-0.05, 0) is 24.3 Å². The van der Waals surface area contributed by atoms with Gasteiger partial charge in [-0.15, -0.1) is 0 Å². The van der Waals surface area contributed by atoms with Crippen molar-refractivity contribution in [3.8, 4) is 11.5 Å². The lowest BCUT2D eigenvalue weighted by Gasteiger charge is -2.44. The number of phenolic OH excluding ortho intramolecular Hbond substituents is 2. The van der Waals surface area contributed by atoms with Gasteiger partial charge in [0.15, 0.2) is 0 Å². The zero-order valence-electron chi connectivity index (χ0n) is 21.0. The molecule has 8 nitrogen and oxygen atoms in total. The molecule has 2 saturated heterocycles. The van der Waals surface area contributed by atoms with Crippen LogP contribution in [0.25, 0.3) is 21.5 Å². The van der Waals surface area contributed by atoms with Crippen LogP contribution in [-0.4, -0.2) is 33.8 Å². The molecule has 4 atom stereocenters. The average Bonchev–Trinajstić information content (AvgIpc) is 3.41. The Hall–Kier alpha value is -4.98. The van der Waals surface area contributed by atoms with Crippen molar-refractivity contribution < 1.29 is 29.4 Å². The molecule has 0 aromatic heterocycles. The Kier molecular flexibility index (Phi) is 4.47. The number of nitrogens with zero attached hydrogens (tertiary/aromatic N) is 2. The second kappa shape index (κ2) is 7.79. The fourth-order valence-corrected chi connectivity index (χ4v) is 7.63. The molecule has 3 aliphatic carbocycles. The van der Waals surface area contributed by atoms with Crippen LogP contribution >= 0.6 is 0 Å². The highest BCUT2D eigenvalue weighted by Gasteiger charge is 2.69. The van der Waals surface area contributed by atoms with E-state index in [1.54, 1.807) is 60.7 Å². The smallest absolute Gasteiger partial charge is 0.238 e. The summed E-state index contributed by atoms with van der Waals surface area (Å²) in [6.45, 7) is 0. The quantitative estimate of drug-likeness (QED) is 0.298. The Morgan fingerprint density at radius 3 is 1.12 bits per heavy atom. The summed E-state index contributed by atoms with van der Waals surface area (Å²) in [6.07, 6.45) is 3.67. The maximum absolute atomic E-state index is 14.0. The normalized spacial score (nSPS) is 28.7. The highest BCUT2D eigenvalue weighted by molar-refractivity contribution is 6.29. The minimum Gasteiger partial charge on any atom is -0.507 e. The summed E-state index contributed by atoms with van der Waals surface area (Å²) in [5, 5.41) is 22.9. The highest BCUT2D eigenvalue weighted by Crippen LogP contribution is 2.59. The van der Waals surface area contributed by atoms with Crippen LogP contribution in [0, 0.1) is 35.5 Å². The van der Waals surface area contributed by atoms with Gasteiger partial charge in [0.25, 0.3) is 0 Å². The maximum atomic E-state index is 14.0. The first-order valence-corrected chi connectivity index (χ1v) is 13.2. The van der Waals surface area contributed by atoms with Crippen molar-refractivity contribution in [3.63, 3.8) is 0 Å². The van der Waals surface area contributed by atoms with E-state index in [2.05, 4.69) is 0 Å². The number of fused-ring (bicyclic) bond motifs is 2. The predicted octanol–water partition coefficient (Wildman–Crippen LogP) is 4.13. The predicted molar refractivity (Wildman–Crippen MR) is 146 cm³/mol. The van der Waals surface area contributed by atoms with Crippen LogP contribution in [0.4, 0.5) is 11.4 Å². The molecule has 8 heteroatoms. The van der Waals surface area contributed by atoms with E-state index in [1.807, 2.05) is 12.2 Å². The van der Waals surface area contributed by atoms with Gasteiger partial charge in [0, 0.05) is 33.4 Å². The maximum Gasteiger partial charge on any atom is 0.238 e. The number of anilines is 2. The van der Waals surface area contributed by atoms with E-state index >= 15 is 0 Å². The number of aromatic hydroxyl groups is 2. The van der Waals surface area contributed by atoms with Crippen molar-refractivity contribution in [1.29, 1.82) is 0 Å². The Balaban J connectivity index is 1.22. The van der Waals surface area contributed by atoms with Crippen LogP contribution in [0.2, 0.25) is 0 Å². The summed E-state index contributed by atoms with van der Waals surface area (Å²) >= 11 is 0. The molecule has 5 aliphatic rings. The van der Waals surface area contributed by atoms with E-state index in [0.29, 0.717) is 32.9 Å². The fraction of sp³-hybridized carbons (Fsp3) is 0.188. The van der Waals surface area contributed by atoms with E-state index in [9.17, 15) is 29.4 Å². The number of hydrogen-bond acceptors (Lipinski definition) is 6. The van der Waals surface area contributed by atoms with Crippen LogP contribution in [0.5, 0.6) is 11.5 Å². The van der Waals surface area contributed by atoms with Gasteiger partial charge in [0.05, 0.1) is 35.0 Å². The van der Waals surface area contributed by atoms with Crippen LogP contribution in [0.1, 0.15) is 0 Å². The summed E-state index contributed by atoms with van der Waals surface area (Å²) in [6, 6.07) is 20.1. The minimum absolute atomic E-state index is 0.0465. The van der Waals surface area contributed by atoms with E-state index in [0.717, 1.165) is 0 Å². The first kappa shape index (κ1) is 23.0. The fourth-order valence-electron chi connectivity index (χ4n) is 7.63. The van der Waals surface area contributed by atoms with Gasteiger partial charge in [0.2, 0.25) is 23.6 Å². The van der Waals surface area contributed by atoms with Crippen molar-refractivity contribution >= 4 is 56.5 Å². The molecule has 1 saturated carbocycles. The molecule has 3 fully saturated rings. The number of rotatable bonds is 2. The van der Waals surface area contributed by atoms with Gasteiger partial charge in [-0.25, -0.2) is 9.80 Å². The summed E-state index contributed by atoms with van der Waals surface area (Å²) in [5.41, 5.74) is 0.773. The van der Waals surface area contributed by atoms with E-state index in [-0.39, 0.29) is 11.5 Å². The second-order valence-electron chi connectivity index (χ2n) is 11.0.